The van der Waals surface area contributed by atoms with Crippen LogP contribution >= 0.6 is 0 Å². The third-order valence-electron chi connectivity index (χ3n) is 6.12. The molecule has 0 saturated carbocycles. The Balaban J connectivity index is 1.29. The van der Waals surface area contributed by atoms with E-state index in [2.05, 4.69) is 33.8 Å². The first kappa shape index (κ1) is 20.0. The van der Waals surface area contributed by atoms with Crippen LogP contribution in [0.4, 0.5) is 0 Å². The highest BCUT2D eigenvalue weighted by molar-refractivity contribution is 5.78. The lowest BCUT2D eigenvalue weighted by molar-refractivity contribution is -0.133. The van der Waals surface area contributed by atoms with Crippen LogP contribution in [0.25, 0.3) is 11.5 Å². The SMILES string of the molecule is Cc1ccc(-c2nnc(C(C)N3CCN(CC(=O)N4CCCCC4)CC3)o2)cc1. The normalized spacial score (nSPS) is 20.0. The minimum absolute atomic E-state index is 0.0710. The van der Waals surface area contributed by atoms with Crippen molar-refractivity contribution in [2.24, 2.45) is 0 Å². The summed E-state index contributed by atoms with van der Waals surface area (Å²) in [6, 6.07) is 8.19. The maximum Gasteiger partial charge on any atom is 0.247 e. The van der Waals surface area contributed by atoms with Crippen molar-refractivity contribution >= 4 is 5.91 Å². The largest absolute Gasteiger partial charge is 0.419 e. The third kappa shape index (κ3) is 4.85. The van der Waals surface area contributed by atoms with Gasteiger partial charge in [-0.15, -0.1) is 10.2 Å². The van der Waals surface area contributed by atoms with E-state index in [4.69, 9.17) is 4.42 Å². The molecule has 2 aromatic rings. The summed E-state index contributed by atoms with van der Waals surface area (Å²) in [5.41, 5.74) is 2.15. The van der Waals surface area contributed by atoms with Gasteiger partial charge < -0.3 is 9.32 Å². The maximum atomic E-state index is 12.5. The summed E-state index contributed by atoms with van der Waals surface area (Å²) in [4.78, 5) is 19.2. The number of aromatic nitrogens is 2. The monoisotopic (exact) mass is 397 g/mol. The number of rotatable bonds is 5. The topological polar surface area (TPSA) is 65.7 Å². The van der Waals surface area contributed by atoms with Crippen molar-refractivity contribution in [1.29, 1.82) is 0 Å². The molecule has 0 bridgehead atoms. The van der Waals surface area contributed by atoms with E-state index in [0.717, 1.165) is 57.7 Å². The van der Waals surface area contributed by atoms with Crippen LogP contribution in [0.15, 0.2) is 28.7 Å². The number of carbonyl (C=O) groups excluding carboxylic acids is 1. The van der Waals surface area contributed by atoms with E-state index in [0.29, 0.717) is 18.3 Å². The van der Waals surface area contributed by atoms with Crippen molar-refractivity contribution < 1.29 is 9.21 Å². The van der Waals surface area contributed by atoms with Crippen molar-refractivity contribution in [3.8, 4) is 11.5 Å². The van der Waals surface area contributed by atoms with Gasteiger partial charge in [0.05, 0.1) is 12.6 Å². The molecule has 2 fully saturated rings. The van der Waals surface area contributed by atoms with E-state index < -0.39 is 0 Å². The van der Waals surface area contributed by atoms with Crippen LogP contribution in [0, 0.1) is 6.92 Å². The highest BCUT2D eigenvalue weighted by Gasteiger charge is 2.27. The van der Waals surface area contributed by atoms with E-state index in [-0.39, 0.29) is 11.9 Å². The van der Waals surface area contributed by atoms with Gasteiger partial charge in [0.15, 0.2) is 0 Å². The Labute approximate surface area is 172 Å². The van der Waals surface area contributed by atoms with Gasteiger partial charge in [0, 0.05) is 44.8 Å². The molecule has 1 aromatic heterocycles. The zero-order chi connectivity index (χ0) is 20.2. The van der Waals surface area contributed by atoms with Gasteiger partial charge in [-0.25, -0.2) is 0 Å². The van der Waals surface area contributed by atoms with Crippen molar-refractivity contribution in [3.63, 3.8) is 0 Å². The Bertz CT molecular complexity index is 805. The van der Waals surface area contributed by atoms with Gasteiger partial charge >= 0.3 is 0 Å². The summed E-state index contributed by atoms with van der Waals surface area (Å²) in [5.74, 6) is 1.50. The number of piperazine rings is 1. The van der Waals surface area contributed by atoms with E-state index in [1.165, 1.54) is 12.0 Å². The van der Waals surface area contributed by atoms with Crippen LogP contribution in [0.1, 0.15) is 43.7 Å². The van der Waals surface area contributed by atoms with Crippen LogP contribution in [-0.2, 0) is 4.79 Å². The zero-order valence-electron chi connectivity index (χ0n) is 17.5. The van der Waals surface area contributed by atoms with Crippen LogP contribution in [0.5, 0.6) is 0 Å². The first-order valence-electron chi connectivity index (χ1n) is 10.7. The predicted octanol–water partition coefficient (Wildman–Crippen LogP) is 2.74. The standard InChI is InChI=1S/C22H31N5O2/c1-17-6-8-19(9-7-17)22-24-23-21(29-22)18(2)26-14-12-25(13-15-26)16-20(28)27-10-4-3-5-11-27/h6-9,18H,3-5,10-16H2,1-2H3. The number of nitrogens with zero attached hydrogens (tertiary/aromatic N) is 5. The fourth-order valence-corrected chi connectivity index (χ4v) is 4.12. The van der Waals surface area contributed by atoms with Gasteiger partial charge in [-0.1, -0.05) is 17.7 Å². The minimum Gasteiger partial charge on any atom is -0.419 e. The molecule has 2 aliphatic heterocycles. The molecule has 7 nitrogen and oxygen atoms in total. The zero-order valence-corrected chi connectivity index (χ0v) is 17.5. The lowest BCUT2D eigenvalue weighted by atomic mass is 10.1. The molecule has 1 unspecified atom stereocenters. The van der Waals surface area contributed by atoms with Gasteiger partial charge in [0.1, 0.15) is 0 Å². The van der Waals surface area contributed by atoms with Crippen LogP contribution in [-0.4, -0.2) is 76.6 Å². The van der Waals surface area contributed by atoms with E-state index in [1.807, 2.05) is 29.2 Å². The summed E-state index contributed by atoms with van der Waals surface area (Å²) < 4.78 is 5.96. The molecule has 0 aliphatic carbocycles. The second kappa shape index (κ2) is 9.05. The fraction of sp³-hybridized carbons (Fsp3) is 0.591. The highest BCUT2D eigenvalue weighted by atomic mass is 16.4. The van der Waals surface area contributed by atoms with E-state index >= 15 is 0 Å². The Kier molecular flexibility index (Phi) is 6.25. The average Bonchev–Trinajstić information content (AvgIpc) is 3.25. The van der Waals surface area contributed by atoms with E-state index in [1.54, 1.807) is 0 Å². The van der Waals surface area contributed by atoms with Gasteiger partial charge in [-0.2, -0.15) is 0 Å². The number of aryl methyl sites for hydroxylation is 1. The average molecular weight is 398 g/mol. The molecule has 0 radical (unpaired) electrons. The first-order valence-corrected chi connectivity index (χ1v) is 10.7. The lowest BCUT2D eigenvalue weighted by Gasteiger charge is -2.37. The van der Waals surface area contributed by atoms with Gasteiger partial charge in [-0.05, 0) is 45.2 Å². The molecule has 4 rings (SSSR count). The molecule has 0 spiro atoms. The molecule has 2 saturated heterocycles. The Morgan fingerprint density at radius 2 is 1.69 bits per heavy atom. The van der Waals surface area contributed by atoms with Crippen molar-refractivity contribution in [1.82, 2.24) is 24.9 Å². The summed E-state index contributed by atoms with van der Waals surface area (Å²) >= 11 is 0. The summed E-state index contributed by atoms with van der Waals surface area (Å²) in [7, 11) is 0. The second-order valence-corrected chi connectivity index (χ2v) is 8.24. The van der Waals surface area contributed by atoms with Crippen LogP contribution < -0.4 is 0 Å². The number of amides is 1. The molecule has 1 amide bonds. The van der Waals surface area contributed by atoms with Crippen molar-refractivity contribution in [3.05, 3.63) is 35.7 Å². The first-order chi connectivity index (χ1) is 14.1. The second-order valence-electron chi connectivity index (χ2n) is 8.24. The fourth-order valence-electron chi connectivity index (χ4n) is 4.12. The summed E-state index contributed by atoms with van der Waals surface area (Å²) in [5, 5.41) is 8.52. The maximum absolute atomic E-state index is 12.5. The number of benzene rings is 1. The molecule has 3 heterocycles. The molecular weight excluding hydrogens is 366 g/mol. The highest BCUT2D eigenvalue weighted by Crippen LogP contribution is 2.25. The quantitative estimate of drug-likeness (QED) is 0.773. The molecule has 1 atom stereocenters. The predicted molar refractivity (Wildman–Crippen MR) is 111 cm³/mol. The number of carbonyl (C=O) groups is 1. The third-order valence-corrected chi connectivity index (χ3v) is 6.12. The molecular formula is C22H31N5O2. The number of piperidine rings is 1. The summed E-state index contributed by atoms with van der Waals surface area (Å²) in [6.45, 7) is 10.2. The number of likely N-dealkylation sites (tertiary alicyclic amines) is 1. The molecule has 0 N–H and O–H groups in total. The smallest absolute Gasteiger partial charge is 0.247 e. The molecule has 29 heavy (non-hydrogen) atoms. The van der Waals surface area contributed by atoms with Gasteiger partial charge in [0.25, 0.3) is 0 Å². The molecule has 7 heteroatoms. The lowest BCUT2D eigenvalue weighted by Crippen LogP contribution is -2.51. The van der Waals surface area contributed by atoms with Crippen molar-refractivity contribution in [2.45, 2.75) is 39.2 Å². The summed E-state index contributed by atoms with van der Waals surface area (Å²) in [6.07, 6.45) is 3.54. The molecule has 156 valence electrons. The van der Waals surface area contributed by atoms with Crippen LogP contribution in [0.2, 0.25) is 0 Å². The molecule has 2 aliphatic rings. The minimum atomic E-state index is 0.0710. The number of hydrogen-bond acceptors (Lipinski definition) is 6. The van der Waals surface area contributed by atoms with Gasteiger partial charge in [-0.3, -0.25) is 14.6 Å². The Morgan fingerprint density at radius 1 is 1.00 bits per heavy atom. The van der Waals surface area contributed by atoms with Gasteiger partial charge in [0.2, 0.25) is 17.7 Å². The Morgan fingerprint density at radius 3 is 2.38 bits per heavy atom. The van der Waals surface area contributed by atoms with Crippen LogP contribution in [0.3, 0.4) is 0 Å². The number of hydrogen-bond donors (Lipinski definition) is 0. The van der Waals surface area contributed by atoms with E-state index in [9.17, 15) is 4.79 Å². The Hall–Kier alpha value is -2.25. The van der Waals surface area contributed by atoms with Crippen molar-refractivity contribution in [2.75, 3.05) is 45.8 Å². The molecule has 1 aromatic carbocycles.